The van der Waals surface area contributed by atoms with Gasteiger partial charge in [-0.1, -0.05) is 6.07 Å². The first kappa shape index (κ1) is 19.7. The van der Waals surface area contributed by atoms with Crippen LogP contribution in [-0.4, -0.2) is 39.0 Å². The fourth-order valence-electron chi connectivity index (χ4n) is 3.56. The molecule has 1 fully saturated rings. The number of carbonyl (C=O) groups is 1. The van der Waals surface area contributed by atoms with E-state index in [0.29, 0.717) is 54.4 Å². The molecule has 2 heterocycles. The first-order chi connectivity index (χ1) is 14.4. The van der Waals surface area contributed by atoms with E-state index >= 15 is 0 Å². The summed E-state index contributed by atoms with van der Waals surface area (Å²) in [5.74, 6) is 0.273. The lowest BCUT2D eigenvalue weighted by atomic mass is 9.96. The van der Waals surface area contributed by atoms with E-state index in [1.54, 1.807) is 36.1 Å². The fourth-order valence-corrected chi connectivity index (χ4v) is 3.56. The second-order valence-electron chi connectivity index (χ2n) is 7.28. The molecule has 0 bridgehead atoms. The molecule has 0 saturated carbocycles. The Hall–Kier alpha value is -3.62. The van der Waals surface area contributed by atoms with Crippen LogP contribution in [0.25, 0.3) is 11.5 Å². The zero-order valence-electron chi connectivity index (χ0n) is 16.2. The zero-order valence-corrected chi connectivity index (χ0v) is 16.2. The van der Waals surface area contributed by atoms with Crippen molar-refractivity contribution in [2.75, 3.05) is 13.1 Å². The van der Waals surface area contributed by atoms with Crippen LogP contribution < -0.4 is 0 Å². The molecule has 1 aromatic heterocycles. The first-order valence-electron chi connectivity index (χ1n) is 9.56. The Morgan fingerprint density at radius 1 is 1.17 bits per heavy atom. The molecule has 1 aliphatic heterocycles. The standard InChI is InChI=1S/C21H19FN4O4/c1-13-2-3-16(12-18(13)26(28)29)21(27)25-10-8-15(9-11-25)20-24-23-19(30-20)14-4-6-17(22)7-5-14/h2-7,12,15H,8-11H2,1H3. The van der Waals surface area contributed by atoms with Gasteiger partial charge in [-0.25, -0.2) is 4.39 Å². The van der Waals surface area contributed by atoms with Crippen LogP contribution in [0.1, 0.15) is 40.6 Å². The number of aromatic nitrogens is 2. The summed E-state index contributed by atoms with van der Waals surface area (Å²) in [6, 6.07) is 10.4. The number of nitro benzene ring substituents is 1. The van der Waals surface area contributed by atoms with Crippen molar-refractivity contribution in [1.82, 2.24) is 15.1 Å². The molecule has 1 amide bonds. The molecular formula is C21H19FN4O4. The smallest absolute Gasteiger partial charge is 0.273 e. The third-order valence-corrected chi connectivity index (χ3v) is 5.32. The number of piperidine rings is 1. The molecule has 30 heavy (non-hydrogen) atoms. The summed E-state index contributed by atoms with van der Waals surface area (Å²) in [4.78, 5) is 25.1. The molecule has 8 nitrogen and oxygen atoms in total. The number of amides is 1. The van der Waals surface area contributed by atoms with Crippen LogP contribution in [0.5, 0.6) is 0 Å². The van der Waals surface area contributed by atoms with Gasteiger partial charge in [0.2, 0.25) is 11.8 Å². The molecule has 154 valence electrons. The lowest BCUT2D eigenvalue weighted by molar-refractivity contribution is -0.385. The number of hydrogen-bond acceptors (Lipinski definition) is 6. The quantitative estimate of drug-likeness (QED) is 0.474. The molecule has 0 unspecified atom stereocenters. The highest BCUT2D eigenvalue weighted by atomic mass is 19.1. The van der Waals surface area contributed by atoms with Crippen LogP contribution in [0.3, 0.4) is 0 Å². The van der Waals surface area contributed by atoms with Gasteiger partial charge in [0.1, 0.15) is 5.82 Å². The van der Waals surface area contributed by atoms with E-state index in [0.717, 1.165) is 0 Å². The number of hydrogen-bond donors (Lipinski definition) is 0. The summed E-state index contributed by atoms with van der Waals surface area (Å²) in [7, 11) is 0. The van der Waals surface area contributed by atoms with Crippen LogP contribution in [0, 0.1) is 22.9 Å². The van der Waals surface area contributed by atoms with Gasteiger partial charge in [-0.15, -0.1) is 10.2 Å². The molecule has 0 radical (unpaired) electrons. The highest BCUT2D eigenvalue weighted by molar-refractivity contribution is 5.95. The molecule has 0 aliphatic carbocycles. The van der Waals surface area contributed by atoms with Crippen molar-refractivity contribution >= 4 is 11.6 Å². The number of nitrogens with zero attached hydrogens (tertiary/aromatic N) is 4. The molecule has 1 aliphatic rings. The first-order valence-corrected chi connectivity index (χ1v) is 9.56. The Balaban J connectivity index is 1.42. The molecule has 3 aromatic rings. The Morgan fingerprint density at radius 2 is 1.87 bits per heavy atom. The maximum Gasteiger partial charge on any atom is 0.273 e. The van der Waals surface area contributed by atoms with E-state index in [1.807, 2.05) is 0 Å². The minimum atomic E-state index is -0.480. The zero-order chi connectivity index (χ0) is 21.3. The molecule has 9 heteroatoms. The second kappa shape index (κ2) is 8.02. The van der Waals surface area contributed by atoms with E-state index in [1.165, 1.54) is 18.2 Å². The Morgan fingerprint density at radius 3 is 2.53 bits per heavy atom. The van der Waals surface area contributed by atoms with E-state index < -0.39 is 4.92 Å². The Labute approximate surface area is 171 Å². The third-order valence-electron chi connectivity index (χ3n) is 5.32. The number of benzene rings is 2. The van der Waals surface area contributed by atoms with E-state index in [4.69, 9.17) is 4.42 Å². The van der Waals surface area contributed by atoms with E-state index in [2.05, 4.69) is 10.2 Å². The molecule has 0 spiro atoms. The molecule has 0 N–H and O–H groups in total. The van der Waals surface area contributed by atoms with Crippen LogP contribution in [0.15, 0.2) is 46.9 Å². The highest BCUT2D eigenvalue weighted by Crippen LogP contribution is 2.30. The van der Waals surface area contributed by atoms with Gasteiger partial charge in [0.15, 0.2) is 0 Å². The second-order valence-corrected chi connectivity index (χ2v) is 7.28. The average Bonchev–Trinajstić information content (AvgIpc) is 3.24. The van der Waals surface area contributed by atoms with Crippen molar-refractivity contribution < 1.29 is 18.5 Å². The lowest BCUT2D eigenvalue weighted by Gasteiger charge is -2.30. The molecule has 4 rings (SSSR count). The van der Waals surface area contributed by atoms with Gasteiger partial charge in [0.25, 0.3) is 11.6 Å². The Bertz CT molecular complexity index is 1090. The van der Waals surface area contributed by atoms with Crippen molar-refractivity contribution in [3.63, 3.8) is 0 Å². The molecule has 1 saturated heterocycles. The van der Waals surface area contributed by atoms with Gasteiger partial charge in [-0.2, -0.15) is 0 Å². The fraction of sp³-hybridized carbons (Fsp3) is 0.286. The van der Waals surface area contributed by atoms with Gasteiger partial charge in [-0.3, -0.25) is 14.9 Å². The van der Waals surface area contributed by atoms with Gasteiger partial charge in [0.05, 0.1) is 4.92 Å². The summed E-state index contributed by atoms with van der Waals surface area (Å²) in [5.41, 5.74) is 1.41. The average molecular weight is 410 g/mol. The minimum Gasteiger partial charge on any atom is -0.420 e. The van der Waals surface area contributed by atoms with Crippen molar-refractivity contribution in [3.8, 4) is 11.5 Å². The summed E-state index contributed by atoms with van der Waals surface area (Å²) in [6.45, 7) is 2.61. The normalized spacial score (nSPS) is 14.7. The van der Waals surface area contributed by atoms with E-state index in [-0.39, 0.29) is 23.3 Å². The van der Waals surface area contributed by atoms with Gasteiger partial charge < -0.3 is 9.32 Å². The maximum absolute atomic E-state index is 13.1. The highest BCUT2D eigenvalue weighted by Gasteiger charge is 2.28. The molecular weight excluding hydrogens is 391 g/mol. The maximum atomic E-state index is 13.1. The SMILES string of the molecule is Cc1ccc(C(=O)N2CCC(c3nnc(-c4ccc(F)cc4)o3)CC2)cc1[N+](=O)[O-]. The van der Waals surface area contributed by atoms with Crippen molar-refractivity contribution in [2.24, 2.45) is 0 Å². The van der Waals surface area contributed by atoms with Gasteiger partial charge in [0, 0.05) is 41.8 Å². The number of halogens is 1. The number of nitro groups is 1. The van der Waals surface area contributed by atoms with Crippen molar-refractivity contribution in [2.45, 2.75) is 25.7 Å². The Kier molecular flexibility index (Phi) is 5.26. The van der Waals surface area contributed by atoms with Crippen LogP contribution in [0.4, 0.5) is 10.1 Å². The third kappa shape index (κ3) is 3.91. The molecule has 0 atom stereocenters. The van der Waals surface area contributed by atoms with Crippen LogP contribution in [0.2, 0.25) is 0 Å². The number of likely N-dealkylation sites (tertiary alicyclic amines) is 1. The van der Waals surface area contributed by atoms with Crippen molar-refractivity contribution in [1.29, 1.82) is 0 Å². The van der Waals surface area contributed by atoms with E-state index in [9.17, 15) is 19.3 Å². The van der Waals surface area contributed by atoms with Crippen LogP contribution in [-0.2, 0) is 0 Å². The number of rotatable bonds is 4. The predicted molar refractivity (Wildman–Crippen MR) is 105 cm³/mol. The lowest BCUT2D eigenvalue weighted by Crippen LogP contribution is -2.38. The van der Waals surface area contributed by atoms with Crippen molar-refractivity contribution in [3.05, 3.63) is 75.4 Å². The summed E-state index contributed by atoms with van der Waals surface area (Å²) >= 11 is 0. The summed E-state index contributed by atoms with van der Waals surface area (Å²) < 4.78 is 18.8. The van der Waals surface area contributed by atoms with Gasteiger partial charge >= 0.3 is 0 Å². The molecule has 2 aromatic carbocycles. The monoisotopic (exact) mass is 410 g/mol. The number of carbonyl (C=O) groups excluding carboxylic acids is 1. The number of aryl methyl sites for hydroxylation is 1. The minimum absolute atomic E-state index is 0.0168. The predicted octanol–water partition coefficient (Wildman–Crippen LogP) is 4.11. The summed E-state index contributed by atoms with van der Waals surface area (Å²) in [6.07, 6.45) is 1.29. The van der Waals surface area contributed by atoms with Gasteiger partial charge in [-0.05, 0) is 50.1 Å². The topological polar surface area (TPSA) is 102 Å². The summed E-state index contributed by atoms with van der Waals surface area (Å²) in [5, 5.41) is 19.3. The van der Waals surface area contributed by atoms with Crippen LogP contribution >= 0.6 is 0 Å². The largest absolute Gasteiger partial charge is 0.420 e.